The molecule has 25 heavy (non-hydrogen) atoms. The summed E-state index contributed by atoms with van der Waals surface area (Å²) >= 11 is 0. The van der Waals surface area contributed by atoms with Crippen LogP contribution < -0.4 is 19.7 Å². The van der Waals surface area contributed by atoms with Crippen molar-refractivity contribution in [3.05, 3.63) is 48.5 Å². The first-order chi connectivity index (χ1) is 12.0. The lowest BCUT2D eigenvalue weighted by Gasteiger charge is -2.21. The number of carbonyl (C=O) groups is 1. The monoisotopic (exact) mass is 350 g/mol. The lowest BCUT2D eigenvalue weighted by molar-refractivity contribution is -0.116. The molecule has 0 spiro atoms. The first-order valence-electron chi connectivity index (χ1n) is 7.77. The van der Waals surface area contributed by atoms with Gasteiger partial charge in [0.1, 0.15) is 0 Å². The molecule has 7 heteroatoms. The van der Waals surface area contributed by atoms with Gasteiger partial charge >= 0.3 is 6.61 Å². The van der Waals surface area contributed by atoms with Crippen LogP contribution in [0.4, 0.5) is 20.2 Å². The Bertz CT molecular complexity index is 696. The Kier molecular flexibility index (Phi) is 6.56. The Balaban J connectivity index is 2.06. The molecule has 2 aromatic rings. The van der Waals surface area contributed by atoms with Crippen LogP contribution in [-0.2, 0) is 4.79 Å². The van der Waals surface area contributed by atoms with Gasteiger partial charge in [0.05, 0.1) is 13.7 Å². The maximum absolute atomic E-state index is 12.5. The van der Waals surface area contributed by atoms with Crippen molar-refractivity contribution in [1.82, 2.24) is 0 Å². The molecule has 2 rings (SSSR count). The fraction of sp³-hybridized carbons (Fsp3) is 0.278. The summed E-state index contributed by atoms with van der Waals surface area (Å²) in [6.07, 6.45) is 0. The highest BCUT2D eigenvalue weighted by atomic mass is 19.3. The molecule has 134 valence electrons. The summed E-state index contributed by atoms with van der Waals surface area (Å²) in [6.45, 7) is -0.539. The molecule has 0 aliphatic heterocycles. The molecule has 0 atom stereocenters. The van der Waals surface area contributed by atoms with Crippen LogP contribution in [0, 0.1) is 0 Å². The Hall–Kier alpha value is -2.83. The molecule has 0 aliphatic carbocycles. The van der Waals surface area contributed by atoms with Gasteiger partial charge in [-0.2, -0.15) is 8.78 Å². The third kappa shape index (κ3) is 5.07. The summed E-state index contributed by atoms with van der Waals surface area (Å²) in [5.41, 5.74) is 1.28. The Morgan fingerprint density at radius 3 is 2.48 bits per heavy atom. The van der Waals surface area contributed by atoms with E-state index in [0.717, 1.165) is 5.69 Å². The molecule has 2 aromatic carbocycles. The van der Waals surface area contributed by atoms with Crippen LogP contribution in [0.5, 0.6) is 11.5 Å². The molecule has 0 saturated carbocycles. The third-order valence-corrected chi connectivity index (χ3v) is 3.51. The number of hydrogen-bond acceptors (Lipinski definition) is 4. The van der Waals surface area contributed by atoms with Gasteiger partial charge in [0.25, 0.3) is 0 Å². The standard InChI is InChI=1S/C18H20F2N2O3/c1-3-22(14-7-5-4-6-8-14)17(23)12-21-13-9-10-15(24-2)16(11-13)25-18(19)20/h4-11,18,21H,3,12H2,1-2H3. The largest absolute Gasteiger partial charge is 0.493 e. The molecule has 0 fully saturated rings. The number of halogens is 2. The van der Waals surface area contributed by atoms with E-state index in [2.05, 4.69) is 10.1 Å². The zero-order valence-corrected chi connectivity index (χ0v) is 14.0. The highest BCUT2D eigenvalue weighted by Gasteiger charge is 2.15. The van der Waals surface area contributed by atoms with E-state index in [0.29, 0.717) is 12.2 Å². The number of alkyl halides is 2. The summed E-state index contributed by atoms with van der Waals surface area (Å²) < 4.78 is 34.3. The summed E-state index contributed by atoms with van der Waals surface area (Å²) in [6, 6.07) is 13.8. The second-order valence-electron chi connectivity index (χ2n) is 5.07. The number of hydrogen-bond donors (Lipinski definition) is 1. The number of likely N-dealkylation sites (N-methyl/N-ethyl adjacent to an activating group) is 1. The fourth-order valence-electron chi connectivity index (χ4n) is 2.36. The van der Waals surface area contributed by atoms with Gasteiger partial charge in [-0.05, 0) is 31.2 Å². The summed E-state index contributed by atoms with van der Waals surface area (Å²) in [4.78, 5) is 14.1. The van der Waals surface area contributed by atoms with Gasteiger partial charge in [-0.1, -0.05) is 18.2 Å². The highest BCUT2D eigenvalue weighted by Crippen LogP contribution is 2.31. The number of rotatable bonds is 8. The van der Waals surface area contributed by atoms with Crippen molar-refractivity contribution in [2.45, 2.75) is 13.5 Å². The van der Waals surface area contributed by atoms with Crippen LogP contribution in [0.15, 0.2) is 48.5 Å². The Morgan fingerprint density at radius 1 is 1.16 bits per heavy atom. The van der Waals surface area contributed by atoms with Crippen LogP contribution in [0.1, 0.15) is 6.92 Å². The van der Waals surface area contributed by atoms with E-state index < -0.39 is 6.61 Å². The van der Waals surface area contributed by atoms with E-state index in [1.807, 2.05) is 37.3 Å². The third-order valence-electron chi connectivity index (χ3n) is 3.51. The van der Waals surface area contributed by atoms with Crippen molar-refractivity contribution in [2.24, 2.45) is 0 Å². The molecule has 0 saturated heterocycles. The number of nitrogens with zero attached hydrogens (tertiary/aromatic N) is 1. The second-order valence-corrected chi connectivity index (χ2v) is 5.07. The predicted octanol–water partition coefficient (Wildman–Crippen LogP) is 3.76. The van der Waals surface area contributed by atoms with Gasteiger partial charge < -0.3 is 19.7 Å². The van der Waals surface area contributed by atoms with Crippen molar-refractivity contribution in [3.8, 4) is 11.5 Å². The van der Waals surface area contributed by atoms with Crippen molar-refractivity contribution >= 4 is 17.3 Å². The van der Waals surface area contributed by atoms with Gasteiger partial charge in [-0.15, -0.1) is 0 Å². The van der Waals surface area contributed by atoms with E-state index >= 15 is 0 Å². The topological polar surface area (TPSA) is 50.8 Å². The van der Waals surface area contributed by atoms with Gasteiger partial charge in [0, 0.05) is 24.0 Å². The Morgan fingerprint density at radius 2 is 1.88 bits per heavy atom. The summed E-state index contributed by atoms with van der Waals surface area (Å²) in [5.74, 6) is -0.0390. The number of benzene rings is 2. The maximum Gasteiger partial charge on any atom is 0.387 e. The minimum Gasteiger partial charge on any atom is -0.493 e. The molecule has 0 aromatic heterocycles. The van der Waals surface area contributed by atoms with E-state index in [1.54, 1.807) is 11.0 Å². The Labute approximate surface area is 145 Å². The molecule has 0 radical (unpaired) electrons. The molecule has 0 unspecified atom stereocenters. The van der Waals surface area contributed by atoms with Crippen LogP contribution in [0.3, 0.4) is 0 Å². The van der Waals surface area contributed by atoms with Crippen molar-refractivity contribution in [3.63, 3.8) is 0 Å². The molecular formula is C18H20F2N2O3. The minimum atomic E-state index is -2.96. The zero-order valence-electron chi connectivity index (χ0n) is 14.0. The molecule has 5 nitrogen and oxygen atoms in total. The van der Waals surface area contributed by atoms with Crippen molar-refractivity contribution in [2.75, 3.05) is 30.4 Å². The van der Waals surface area contributed by atoms with Gasteiger partial charge in [0.15, 0.2) is 11.5 Å². The maximum atomic E-state index is 12.5. The van der Waals surface area contributed by atoms with Crippen LogP contribution in [-0.4, -0.2) is 32.7 Å². The molecular weight excluding hydrogens is 330 g/mol. The van der Waals surface area contributed by atoms with Crippen LogP contribution in [0.25, 0.3) is 0 Å². The molecule has 0 heterocycles. The normalized spacial score (nSPS) is 10.4. The number of ether oxygens (including phenoxy) is 2. The molecule has 0 bridgehead atoms. The summed E-state index contributed by atoms with van der Waals surface area (Å²) in [5, 5.41) is 2.92. The number of amides is 1. The van der Waals surface area contributed by atoms with Crippen molar-refractivity contribution in [1.29, 1.82) is 0 Å². The molecule has 1 N–H and O–H groups in total. The van der Waals surface area contributed by atoms with Crippen molar-refractivity contribution < 1.29 is 23.0 Å². The number of carbonyl (C=O) groups excluding carboxylic acids is 1. The predicted molar refractivity (Wildman–Crippen MR) is 92.6 cm³/mol. The molecule has 0 aliphatic rings. The molecule has 1 amide bonds. The fourth-order valence-corrected chi connectivity index (χ4v) is 2.36. The van der Waals surface area contributed by atoms with Gasteiger partial charge in [-0.25, -0.2) is 0 Å². The number of nitrogens with one attached hydrogen (secondary N) is 1. The number of methoxy groups -OCH3 is 1. The lowest BCUT2D eigenvalue weighted by atomic mass is 10.2. The van der Waals surface area contributed by atoms with E-state index in [1.165, 1.54) is 19.2 Å². The average molecular weight is 350 g/mol. The highest BCUT2D eigenvalue weighted by molar-refractivity contribution is 5.96. The number of para-hydroxylation sites is 1. The summed E-state index contributed by atoms with van der Waals surface area (Å²) in [7, 11) is 1.36. The first kappa shape index (κ1) is 18.5. The van der Waals surface area contributed by atoms with Gasteiger partial charge in [-0.3, -0.25) is 4.79 Å². The lowest BCUT2D eigenvalue weighted by Crippen LogP contribution is -2.35. The van der Waals surface area contributed by atoms with Crippen LogP contribution >= 0.6 is 0 Å². The second kappa shape index (κ2) is 8.86. The average Bonchev–Trinajstić information content (AvgIpc) is 2.61. The van der Waals surface area contributed by atoms with E-state index in [-0.39, 0.29) is 24.0 Å². The van der Waals surface area contributed by atoms with E-state index in [4.69, 9.17) is 4.74 Å². The van der Waals surface area contributed by atoms with Crippen LogP contribution in [0.2, 0.25) is 0 Å². The zero-order chi connectivity index (χ0) is 18.2. The van der Waals surface area contributed by atoms with Gasteiger partial charge in [0.2, 0.25) is 5.91 Å². The minimum absolute atomic E-state index is 0.0170. The smallest absolute Gasteiger partial charge is 0.387 e. The first-order valence-corrected chi connectivity index (χ1v) is 7.77. The quantitative estimate of drug-likeness (QED) is 0.788. The number of anilines is 2. The SMILES string of the molecule is CCN(C(=O)CNc1ccc(OC)c(OC(F)F)c1)c1ccccc1. The van der Waals surface area contributed by atoms with E-state index in [9.17, 15) is 13.6 Å².